The summed E-state index contributed by atoms with van der Waals surface area (Å²) in [5, 5.41) is 21.2. The molecule has 1 aromatic rings. The molecule has 0 saturated carbocycles. The largest absolute Gasteiger partial charge is 0.504 e. The van der Waals surface area contributed by atoms with Crippen molar-refractivity contribution in [2.45, 2.75) is 34.2 Å². The highest BCUT2D eigenvalue weighted by Crippen LogP contribution is 2.38. The molecule has 1 heterocycles. The number of carbonyl (C=O) groups excluding carboxylic acids is 1. The van der Waals surface area contributed by atoms with Crippen molar-refractivity contribution in [3.63, 3.8) is 0 Å². The molecule has 17 heavy (non-hydrogen) atoms. The van der Waals surface area contributed by atoms with Gasteiger partial charge in [-0.2, -0.15) is 0 Å². The Hall–Kier alpha value is -1.42. The molecule has 0 aliphatic carbocycles. The predicted octanol–water partition coefficient (Wildman–Crippen LogP) is 3.05. The summed E-state index contributed by atoms with van der Waals surface area (Å²) in [7, 11) is 0. The maximum Gasteiger partial charge on any atom is 0.253 e. The van der Waals surface area contributed by atoms with Crippen LogP contribution in [0.15, 0.2) is 6.07 Å². The van der Waals surface area contributed by atoms with Gasteiger partial charge in [0.15, 0.2) is 11.5 Å². The van der Waals surface area contributed by atoms with Crippen LogP contribution >= 0.6 is 11.6 Å². The van der Waals surface area contributed by atoms with Gasteiger partial charge >= 0.3 is 0 Å². The molecule has 3 N–H and O–H groups in total. The van der Waals surface area contributed by atoms with E-state index in [1.165, 1.54) is 0 Å². The first-order valence-electron chi connectivity index (χ1n) is 5.62. The maximum absolute atomic E-state index is 11.2. The van der Waals surface area contributed by atoms with Crippen LogP contribution in [0.3, 0.4) is 0 Å². The lowest BCUT2D eigenvalue weighted by atomic mass is 10.1. The van der Waals surface area contributed by atoms with Crippen molar-refractivity contribution in [2.24, 2.45) is 0 Å². The molecule has 96 valence electrons. The lowest BCUT2D eigenvalue weighted by molar-refractivity contribution is 0.0966. The highest BCUT2D eigenvalue weighted by atomic mass is 35.5. The number of carbonyl (C=O) groups is 1. The third kappa shape index (κ3) is 3.03. The van der Waals surface area contributed by atoms with E-state index in [4.69, 9.17) is 11.6 Å². The summed E-state index contributed by atoms with van der Waals surface area (Å²) in [6.07, 6.45) is 0. The molecule has 2 rings (SSSR count). The second kappa shape index (κ2) is 7.01. The van der Waals surface area contributed by atoms with Gasteiger partial charge in [0.2, 0.25) is 0 Å². The Morgan fingerprint density at radius 1 is 1.24 bits per heavy atom. The molecule has 0 spiro atoms. The minimum atomic E-state index is -0.324. The van der Waals surface area contributed by atoms with Gasteiger partial charge < -0.3 is 15.5 Å². The van der Waals surface area contributed by atoms with Crippen molar-refractivity contribution in [3.8, 4) is 11.5 Å². The number of benzene rings is 1. The van der Waals surface area contributed by atoms with E-state index in [1.807, 2.05) is 27.7 Å². The first-order chi connectivity index (χ1) is 8.11. The van der Waals surface area contributed by atoms with E-state index in [9.17, 15) is 15.0 Å². The lowest BCUT2D eigenvalue weighted by Gasteiger charge is -2.03. The number of nitrogens with one attached hydrogen (secondary N) is 1. The molecule has 0 bridgehead atoms. The molecule has 0 fully saturated rings. The van der Waals surface area contributed by atoms with Gasteiger partial charge in [-0.15, -0.1) is 0 Å². The highest BCUT2D eigenvalue weighted by Gasteiger charge is 2.26. The molecular weight excluding hydrogens is 242 g/mol. The third-order valence-electron chi connectivity index (χ3n) is 1.99. The van der Waals surface area contributed by atoms with Crippen molar-refractivity contribution in [2.75, 3.05) is 0 Å². The van der Waals surface area contributed by atoms with Gasteiger partial charge in [0.1, 0.15) is 0 Å². The van der Waals surface area contributed by atoms with Crippen LogP contribution in [-0.2, 0) is 6.54 Å². The van der Waals surface area contributed by atoms with Crippen molar-refractivity contribution < 1.29 is 15.0 Å². The quantitative estimate of drug-likeness (QED) is 0.627. The van der Waals surface area contributed by atoms with Crippen LogP contribution in [0.2, 0.25) is 5.02 Å². The SMILES string of the molecule is CC.CC.O=C1NCc2c(O)c(O)cc(Cl)c21. The normalized spacial score (nSPS) is 11.5. The molecule has 1 amide bonds. The first kappa shape index (κ1) is 15.6. The fourth-order valence-corrected chi connectivity index (χ4v) is 1.66. The van der Waals surface area contributed by atoms with Crippen molar-refractivity contribution in [3.05, 3.63) is 22.2 Å². The van der Waals surface area contributed by atoms with Gasteiger partial charge in [-0.1, -0.05) is 39.3 Å². The van der Waals surface area contributed by atoms with Crippen LogP contribution < -0.4 is 5.32 Å². The number of rotatable bonds is 0. The van der Waals surface area contributed by atoms with Gasteiger partial charge in [-0.3, -0.25) is 4.79 Å². The van der Waals surface area contributed by atoms with Crippen LogP contribution in [-0.4, -0.2) is 16.1 Å². The molecule has 1 aliphatic rings. The number of phenolic OH excluding ortho intramolecular Hbond substituents is 2. The van der Waals surface area contributed by atoms with Crippen LogP contribution in [0.4, 0.5) is 0 Å². The number of phenols is 2. The second-order valence-corrected chi connectivity index (χ2v) is 3.17. The van der Waals surface area contributed by atoms with E-state index in [-0.39, 0.29) is 34.5 Å². The average Bonchev–Trinajstić information content (AvgIpc) is 2.74. The Kier molecular flexibility index (Phi) is 6.43. The van der Waals surface area contributed by atoms with Crippen molar-refractivity contribution >= 4 is 17.5 Å². The summed E-state index contributed by atoms with van der Waals surface area (Å²) in [5.41, 5.74) is 0.604. The Morgan fingerprint density at radius 2 is 1.76 bits per heavy atom. The summed E-state index contributed by atoms with van der Waals surface area (Å²) < 4.78 is 0. The third-order valence-corrected chi connectivity index (χ3v) is 2.28. The number of hydrogen-bond donors (Lipinski definition) is 3. The highest BCUT2D eigenvalue weighted by molar-refractivity contribution is 6.34. The van der Waals surface area contributed by atoms with Gasteiger partial charge in [0, 0.05) is 18.2 Å². The standard InChI is InChI=1S/C8H6ClNO3.2C2H6/c9-4-1-5(11)7(12)3-2-10-8(13)6(3)4;2*1-2/h1,11-12H,2H2,(H,10,13);2*1-2H3. The van der Waals surface area contributed by atoms with E-state index >= 15 is 0 Å². The van der Waals surface area contributed by atoms with E-state index in [1.54, 1.807) is 0 Å². The molecule has 1 aromatic carbocycles. The van der Waals surface area contributed by atoms with E-state index in [0.717, 1.165) is 6.07 Å². The van der Waals surface area contributed by atoms with Crippen LogP contribution in [0.1, 0.15) is 43.6 Å². The van der Waals surface area contributed by atoms with Crippen molar-refractivity contribution in [1.82, 2.24) is 5.32 Å². The predicted molar refractivity (Wildman–Crippen MR) is 68.6 cm³/mol. The first-order valence-corrected chi connectivity index (χ1v) is 6.00. The minimum Gasteiger partial charge on any atom is -0.504 e. The van der Waals surface area contributed by atoms with Gasteiger partial charge in [0.25, 0.3) is 5.91 Å². The summed E-state index contributed by atoms with van der Waals surface area (Å²) in [6, 6.07) is 1.15. The minimum absolute atomic E-state index is 0.153. The molecule has 0 unspecified atom stereocenters. The van der Waals surface area contributed by atoms with E-state index in [2.05, 4.69) is 5.32 Å². The lowest BCUT2D eigenvalue weighted by Crippen LogP contribution is -2.12. The molecule has 1 aliphatic heterocycles. The molecule has 4 nitrogen and oxygen atoms in total. The average molecular weight is 260 g/mol. The molecule has 0 saturated heterocycles. The van der Waals surface area contributed by atoms with Gasteiger partial charge in [-0.05, 0) is 0 Å². The zero-order valence-corrected chi connectivity index (χ0v) is 11.2. The number of halogens is 1. The Bertz CT molecular complexity index is 405. The topological polar surface area (TPSA) is 69.6 Å². The smallest absolute Gasteiger partial charge is 0.253 e. The summed E-state index contributed by atoms with van der Waals surface area (Å²) in [6.45, 7) is 8.20. The maximum atomic E-state index is 11.2. The number of aromatic hydroxyl groups is 2. The van der Waals surface area contributed by atoms with Crippen LogP contribution in [0, 0.1) is 0 Å². The fraction of sp³-hybridized carbons (Fsp3) is 0.417. The zero-order chi connectivity index (χ0) is 13.6. The Labute approximate surface area is 106 Å². The van der Waals surface area contributed by atoms with Crippen LogP contribution in [0.25, 0.3) is 0 Å². The molecule has 0 radical (unpaired) electrons. The Balaban J connectivity index is 0.000000581. The van der Waals surface area contributed by atoms with Gasteiger partial charge in [0.05, 0.1) is 10.6 Å². The summed E-state index contributed by atoms with van der Waals surface area (Å²) in [5.74, 6) is -0.909. The van der Waals surface area contributed by atoms with Crippen molar-refractivity contribution in [1.29, 1.82) is 0 Å². The summed E-state index contributed by atoms with van der Waals surface area (Å²) >= 11 is 5.71. The second-order valence-electron chi connectivity index (χ2n) is 2.76. The van der Waals surface area contributed by atoms with E-state index < -0.39 is 0 Å². The van der Waals surface area contributed by atoms with Gasteiger partial charge in [-0.25, -0.2) is 0 Å². The molecule has 5 heteroatoms. The number of fused-ring (bicyclic) bond motifs is 1. The Morgan fingerprint density at radius 3 is 2.29 bits per heavy atom. The molecule has 0 aromatic heterocycles. The molecular formula is C12H18ClNO3. The van der Waals surface area contributed by atoms with E-state index in [0.29, 0.717) is 5.56 Å². The molecule has 0 atom stereocenters. The number of amides is 1. The number of hydrogen-bond acceptors (Lipinski definition) is 3. The fourth-order valence-electron chi connectivity index (χ4n) is 1.35. The summed E-state index contributed by atoms with van der Waals surface area (Å²) in [4.78, 5) is 11.2. The zero-order valence-electron chi connectivity index (χ0n) is 10.5. The van der Waals surface area contributed by atoms with Crippen LogP contribution in [0.5, 0.6) is 11.5 Å². The monoisotopic (exact) mass is 259 g/mol.